The Bertz CT molecular complexity index is 643. The number of benzene rings is 1. The quantitative estimate of drug-likeness (QED) is 0.889. The van der Waals surface area contributed by atoms with Gasteiger partial charge < -0.3 is 10.4 Å². The minimum atomic E-state index is -0.530. The van der Waals surface area contributed by atoms with Crippen molar-refractivity contribution in [3.63, 3.8) is 0 Å². The molecular weight excluding hydrogens is 276 g/mol. The van der Waals surface area contributed by atoms with E-state index < -0.39 is 6.10 Å². The zero-order chi connectivity index (χ0) is 15.4. The molecule has 4 nitrogen and oxygen atoms in total. The number of pyridine rings is 1. The predicted molar refractivity (Wildman–Crippen MR) is 84.2 cm³/mol. The highest BCUT2D eigenvalue weighted by Crippen LogP contribution is 2.31. The summed E-state index contributed by atoms with van der Waals surface area (Å²) >= 11 is 0. The number of aromatic nitrogens is 1. The van der Waals surface area contributed by atoms with Gasteiger partial charge in [0, 0.05) is 24.7 Å². The minimum absolute atomic E-state index is 0.0170. The molecule has 0 fully saturated rings. The third-order valence-corrected chi connectivity index (χ3v) is 4.08. The molecule has 1 amide bonds. The summed E-state index contributed by atoms with van der Waals surface area (Å²) < 4.78 is 0. The standard InChI is InChI=1S/C18H20N2O2/c21-16-12-13-6-1-2-9-15(13)18(16)20-17(22)10-5-8-14-7-3-4-11-19-14/h1-4,6-7,9,11,16,18,21H,5,8,10,12H2,(H,20,22)/t16-,18-/m0/s1. The highest BCUT2D eigenvalue weighted by atomic mass is 16.3. The van der Waals surface area contributed by atoms with Gasteiger partial charge in [0.2, 0.25) is 5.91 Å². The molecule has 22 heavy (non-hydrogen) atoms. The van der Waals surface area contributed by atoms with Crippen LogP contribution in [0, 0.1) is 0 Å². The second kappa shape index (κ2) is 6.71. The van der Waals surface area contributed by atoms with Gasteiger partial charge in [0.1, 0.15) is 0 Å². The molecule has 114 valence electrons. The van der Waals surface area contributed by atoms with Crippen molar-refractivity contribution in [1.82, 2.24) is 10.3 Å². The van der Waals surface area contributed by atoms with Crippen LogP contribution in [-0.2, 0) is 17.6 Å². The summed E-state index contributed by atoms with van der Waals surface area (Å²) in [7, 11) is 0. The predicted octanol–water partition coefficient (Wildman–Crippen LogP) is 2.18. The number of carbonyl (C=O) groups excluding carboxylic acids is 1. The average Bonchev–Trinajstić information content (AvgIpc) is 2.84. The molecule has 0 saturated heterocycles. The van der Waals surface area contributed by atoms with Crippen LogP contribution in [0.15, 0.2) is 48.7 Å². The normalized spacial score (nSPS) is 19.7. The lowest BCUT2D eigenvalue weighted by atomic mass is 10.1. The summed E-state index contributed by atoms with van der Waals surface area (Å²) in [5.74, 6) is -0.0170. The fraction of sp³-hybridized carbons (Fsp3) is 0.333. The molecule has 0 aliphatic heterocycles. The lowest BCUT2D eigenvalue weighted by Gasteiger charge is -2.18. The number of aryl methyl sites for hydroxylation is 1. The van der Waals surface area contributed by atoms with Gasteiger partial charge in [0.05, 0.1) is 12.1 Å². The Morgan fingerprint density at radius 2 is 2.05 bits per heavy atom. The number of amides is 1. The van der Waals surface area contributed by atoms with Gasteiger partial charge in [0.25, 0.3) is 0 Å². The summed E-state index contributed by atoms with van der Waals surface area (Å²) in [6.07, 6.45) is 3.83. The van der Waals surface area contributed by atoms with E-state index >= 15 is 0 Å². The van der Waals surface area contributed by atoms with Crippen molar-refractivity contribution < 1.29 is 9.90 Å². The molecule has 2 atom stereocenters. The van der Waals surface area contributed by atoms with Crippen LogP contribution in [0.25, 0.3) is 0 Å². The largest absolute Gasteiger partial charge is 0.390 e. The number of nitrogens with zero attached hydrogens (tertiary/aromatic N) is 1. The lowest BCUT2D eigenvalue weighted by Crippen LogP contribution is -2.33. The van der Waals surface area contributed by atoms with E-state index in [9.17, 15) is 9.90 Å². The number of carbonyl (C=O) groups is 1. The number of aliphatic hydroxyl groups excluding tert-OH is 1. The number of aliphatic hydroxyl groups is 1. The maximum atomic E-state index is 12.1. The first-order valence-electron chi connectivity index (χ1n) is 7.69. The smallest absolute Gasteiger partial charge is 0.220 e. The van der Waals surface area contributed by atoms with Crippen LogP contribution in [0.2, 0.25) is 0 Å². The van der Waals surface area contributed by atoms with Crippen LogP contribution >= 0.6 is 0 Å². The summed E-state index contributed by atoms with van der Waals surface area (Å²) in [5.41, 5.74) is 3.16. The van der Waals surface area contributed by atoms with Gasteiger partial charge in [-0.1, -0.05) is 30.3 Å². The second-order valence-electron chi connectivity index (χ2n) is 5.69. The number of hydrogen-bond donors (Lipinski definition) is 2. The average molecular weight is 296 g/mol. The van der Waals surface area contributed by atoms with E-state index in [1.165, 1.54) is 0 Å². The number of nitrogens with one attached hydrogen (secondary N) is 1. The molecule has 1 aromatic carbocycles. The third-order valence-electron chi connectivity index (χ3n) is 4.08. The van der Waals surface area contributed by atoms with Gasteiger partial charge in [-0.05, 0) is 36.1 Å². The Morgan fingerprint density at radius 3 is 2.86 bits per heavy atom. The topological polar surface area (TPSA) is 62.2 Å². The van der Waals surface area contributed by atoms with Crippen molar-refractivity contribution in [3.8, 4) is 0 Å². The van der Waals surface area contributed by atoms with Crippen molar-refractivity contribution in [3.05, 3.63) is 65.5 Å². The van der Waals surface area contributed by atoms with E-state index in [0.717, 1.165) is 29.7 Å². The molecule has 1 aromatic heterocycles. The summed E-state index contributed by atoms with van der Waals surface area (Å²) in [6.45, 7) is 0. The van der Waals surface area contributed by atoms with Gasteiger partial charge in [-0.15, -0.1) is 0 Å². The molecule has 2 N–H and O–H groups in total. The van der Waals surface area contributed by atoms with E-state index in [-0.39, 0.29) is 11.9 Å². The van der Waals surface area contributed by atoms with Crippen LogP contribution in [0.4, 0.5) is 0 Å². The molecule has 0 unspecified atom stereocenters. The van der Waals surface area contributed by atoms with E-state index in [4.69, 9.17) is 0 Å². The first-order chi connectivity index (χ1) is 10.7. The van der Waals surface area contributed by atoms with Crippen molar-refractivity contribution >= 4 is 5.91 Å². The van der Waals surface area contributed by atoms with Crippen LogP contribution in [0.3, 0.4) is 0 Å². The van der Waals surface area contributed by atoms with E-state index in [2.05, 4.69) is 10.3 Å². The molecule has 1 aliphatic carbocycles. The molecule has 2 aromatic rings. The molecule has 0 bridgehead atoms. The van der Waals surface area contributed by atoms with Crippen molar-refractivity contribution in [2.45, 2.75) is 37.8 Å². The van der Waals surface area contributed by atoms with Crippen LogP contribution in [0.1, 0.15) is 35.7 Å². The third kappa shape index (κ3) is 3.34. The highest BCUT2D eigenvalue weighted by Gasteiger charge is 2.31. The molecule has 1 aliphatic rings. The Kier molecular flexibility index (Phi) is 4.49. The first-order valence-corrected chi connectivity index (χ1v) is 7.69. The van der Waals surface area contributed by atoms with Gasteiger partial charge in [-0.25, -0.2) is 0 Å². The number of rotatable bonds is 5. The molecule has 4 heteroatoms. The monoisotopic (exact) mass is 296 g/mol. The number of hydrogen-bond acceptors (Lipinski definition) is 3. The molecule has 0 radical (unpaired) electrons. The Morgan fingerprint density at radius 1 is 1.23 bits per heavy atom. The SMILES string of the molecule is O=C(CCCc1ccccn1)N[C@H]1c2ccccc2C[C@@H]1O. The zero-order valence-corrected chi connectivity index (χ0v) is 12.4. The van der Waals surface area contributed by atoms with Crippen molar-refractivity contribution in [2.24, 2.45) is 0 Å². The van der Waals surface area contributed by atoms with Gasteiger partial charge in [-0.3, -0.25) is 9.78 Å². The van der Waals surface area contributed by atoms with E-state index in [1.54, 1.807) is 6.20 Å². The molecule has 1 heterocycles. The summed E-state index contributed by atoms with van der Waals surface area (Å²) in [6, 6.07) is 13.4. The summed E-state index contributed by atoms with van der Waals surface area (Å²) in [5, 5.41) is 13.1. The fourth-order valence-electron chi connectivity index (χ4n) is 2.97. The first kappa shape index (κ1) is 14.7. The van der Waals surface area contributed by atoms with Gasteiger partial charge >= 0.3 is 0 Å². The minimum Gasteiger partial charge on any atom is -0.390 e. The van der Waals surface area contributed by atoms with Gasteiger partial charge in [-0.2, -0.15) is 0 Å². The van der Waals surface area contributed by atoms with Crippen molar-refractivity contribution in [2.75, 3.05) is 0 Å². The highest BCUT2D eigenvalue weighted by molar-refractivity contribution is 5.76. The van der Waals surface area contributed by atoms with E-state index in [1.807, 2.05) is 42.5 Å². The zero-order valence-electron chi connectivity index (χ0n) is 12.4. The summed E-state index contributed by atoms with van der Waals surface area (Å²) in [4.78, 5) is 16.4. The Labute approximate surface area is 130 Å². The second-order valence-corrected chi connectivity index (χ2v) is 5.69. The Balaban J connectivity index is 1.52. The van der Waals surface area contributed by atoms with Crippen LogP contribution in [0.5, 0.6) is 0 Å². The molecule has 0 saturated carbocycles. The molecular formula is C18H20N2O2. The molecule has 0 spiro atoms. The maximum Gasteiger partial charge on any atom is 0.220 e. The van der Waals surface area contributed by atoms with Gasteiger partial charge in [0.15, 0.2) is 0 Å². The van der Waals surface area contributed by atoms with Crippen LogP contribution in [-0.4, -0.2) is 22.1 Å². The maximum absolute atomic E-state index is 12.1. The number of fused-ring (bicyclic) bond motifs is 1. The van der Waals surface area contributed by atoms with E-state index in [0.29, 0.717) is 12.8 Å². The molecule has 3 rings (SSSR count). The Hall–Kier alpha value is -2.20. The van der Waals surface area contributed by atoms with Crippen LogP contribution < -0.4 is 5.32 Å². The fourth-order valence-corrected chi connectivity index (χ4v) is 2.97. The lowest BCUT2D eigenvalue weighted by molar-refractivity contribution is -0.122. The van der Waals surface area contributed by atoms with Crippen molar-refractivity contribution in [1.29, 1.82) is 0 Å².